The Morgan fingerprint density at radius 3 is 2.62 bits per heavy atom. The first kappa shape index (κ1) is 16.5. The van der Waals surface area contributed by atoms with Crippen LogP contribution in [-0.2, 0) is 11.8 Å². The lowest BCUT2D eigenvalue weighted by molar-refractivity contribution is 0.0697. The molecule has 1 saturated heterocycles. The Hall–Kier alpha value is -2.31. The second-order valence-electron chi connectivity index (χ2n) is 5.63. The number of carboxylic acids is 1. The van der Waals surface area contributed by atoms with Crippen molar-refractivity contribution in [2.75, 3.05) is 31.2 Å². The number of halogens is 1. The third kappa shape index (κ3) is 3.16. The van der Waals surface area contributed by atoms with Crippen LogP contribution in [-0.4, -0.2) is 41.9 Å². The summed E-state index contributed by atoms with van der Waals surface area (Å²) in [5, 5.41) is 9.62. The van der Waals surface area contributed by atoms with Gasteiger partial charge in [0.1, 0.15) is 5.69 Å². The maximum atomic E-state index is 12.5. The molecule has 0 radical (unpaired) electrons. The number of aromatic carboxylic acids is 1. The van der Waals surface area contributed by atoms with Crippen molar-refractivity contribution in [3.63, 3.8) is 0 Å². The van der Waals surface area contributed by atoms with E-state index in [1.165, 1.54) is 16.7 Å². The van der Waals surface area contributed by atoms with Gasteiger partial charge in [0.2, 0.25) is 0 Å². The predicted molar refractivity (Wildman–Crippen MR) is 92.1 cm³/mol. The molecule has 3 rings (SSSR count). The standard InChI is InChI=1S/C17H17ClN2O4/c1-19-10-12(13-8-11(17(22)23)2-3-14(13)18)9-15(16(19)21)20-4-6-24-7-5-20/h2-3,8-10H,4-7H2,1H3,(H,22,23). The zero-order valence-electron chi connectivity index (χ0n) is 13.2. The highest BCUT2D eigenvalue weighted by Gasteiger charge is 2.18. The van der Waals surface area contributed by atoms with Crippen molar-refractivity contribution in [2.24, 2.45) is 7.05 Å². The molecular formula is C17H17ClN2O4. The molecule has 0 bridgehead atoms. The van der Waals surface area contributed by atoms with E-state index in [4.69, 9.17) is 16.3 Å². The molecule has 6 nitrogen and oxygen atoms in total. The van der Waals surface area contributed by atoms with Gasteiger partial charge >= 0.3 is 5.97 Å². The fourth-order valence-electron chi connectivity index (χ4n) is 2.75. The summed E-state index contributed by atoms with van der Waals surface area (Å²) >= 11 is 6.25. The minimum atomic E-state index is -1.02. The molecule has 1 fully saturated rings. The van der Waals surface area contributed by atoms with Gasteiger partial charge in [0.25, 0.3) is 5.56 Å². The summed E-state index contributed by atoms with van der Waals surface area (Å²) in [6, 6.07) is 6.30. The number of pyridine rings is 1. The van der Waals surface area contributed by atoms with Gasteiger partial charge in [-0.2, -0.15) is 0 Å². The van der Waals surface area contributed by atoms with Crippen molar-refractivity contribution in [1.82, 2.24) is 4.57 Å². The highest BCUT2D eigenvalue weighted by Crippen LogP contribution is 2.30. The van der Waals surface area contributed by atoms with E-state index < -0.39 is 5.97 Å². The van der Waals surface area contributed by atoms with Gasteiger partial charge in [-0.25, -0.2) is 4.79 Å². The summed E-state index contributed by atoms with van der Waals surface area (Å²) in [7, 11) is 1.67. The van der Waals surface area contributed by atoms with Crippen molar-refractivity contribution < 1.29 is 14.6 Å². The third-order valence-corrected chi connectivity index (χ3v) is 4.37. The highest BCUT2D eigenvalue weighted by atomic mass is 35.5. The molecule has 2 aromatic rings. The summed E-state index contributed by atoms with van der Waals surface area (Å²) in [5.74, 6) is -1.02. The van der Waals surface area contributed by atoms with Gasteiger partial charge in [0.15, 0.2) is 0 Å². The molecule has 0 unspecified atom stereocenters. The van der Waals surface area contributed by atoms with Gasteiger partial charge in [-0.15, -0.1) is 0 Å². The number of aryl methyl sites for hydroxylation is 1. The normalized spacial score (nSPS) is 14.7. The van der Waals surface area contributed by atoms with Gasteiger partial charge in [-0.05, 0) is 24.3 Å². The zero-order chi connectivity index (χ0) is 17.3. The average Bonchev–Trinajstić information content (AvgIpc) is 2.58. The van der Waals surface area contributed by atoms with E-state index in [2.05, 4.69) is 0 Å². The Morgan fingerprint density at radius 2 is 1.96 bits per heavy atom. The van der Waals surface area contributed by atoms with Crippen LogP contribution in [0.2, 0.25) is 5.02 Å². The van der Waals surface area contributed by atoms with Gasteiger partial charge in [0.05, 0.1) is 18.8 Å². The van der Waals surface area contributed by atoms with Crippen molar-refractivity contribution in [1.29, 1.82) is 0 Å². The van der Waals surface area contributed by atoms with Crippen LogP contribution in [0.5, 0.6) is 0 Å². The van der Waals surface area contributed by atoms with E-state index in [1.807, 2.05) is 4.90 Å². The van der Waals surface area contributed by atoms with E-state index in [0.717, 1.165) is 0 Å². The number of carboxylic acid groups (broad SMARTS) is 1. The number of benzene rings is 1. The van der Waals surface area contributed by atoms with Crippen molar-refractivity contribution >= 4 is 23.3 Å². The third-order valence-electron chi connectivity index (χ3n) is 4.04. The monoisotopic (exact) mass is 348 g/mol. The average molecular weight is 349 g/mol. The van der Waals surface area contributed by atoms with E-state index in [9.17, 15) is 14.7 Å². The fourth-order valence-corrected chi connectivity index (χ4v) is 2.98. The molecule has 7 heteroatoms. The molecule has 0 amide bonds. The Labute approximate surface area is 143 Å². The van der Waals surface area contributed by atoms with Crippen LogP contribution in [0.1, 0.15) is 10.4 Å². The molecular weight excluding hydrogens is 332 g/mol. The lowest BCUT2D eigenvalue weighted by Crippen LogP contribution is -2.40. The first-order valence-electron chi connectivity index (χ1n) is 7.54. The van der Waals surface area contributed by atoms with Crippen molar-refractivity contribution in [3.05, 3.63) is 51.4 Å². The minimum absolute atomic E-state index is 0.105. The van der Waals surface area contributed by atoms with Gasteiger partial charge in [-0.1, -0.05) is 11.6 Å². The molecule has 0 aliphatic carbocycles. The molecule has 1 N–H and O–H groups in total. The van der Waals surface area contributed by atoms with E-state index in [0.29, 0.717) is 48.1 Å². The van der Waals surface area contributed by atoms with E-state index >= 15 is 0 Å². The number of ether oxygens (including phenoxy) is 1. The first-order chi connectivity index (χ1) is 11.5. The summed E-state index contributed by atoms with van der Waals surface area (Å²) in [4.78, 5) is 25.7. The second-order valence-corrected chi connectivity index (χ2v) is 6.04. The number of hydrogen-bond acceptors (Lipinski definition) is 4. The zero-order valence-corrected chi connectivity index (χ0v) is 13.9. The van der Waals surface area contributed by atoms with Crippen LogP contribution in [0, 0.1) is 0 Å². The predicted octanol–water partition coefficient (Wildman–Crippen LogP) is 2.24. The van der Waals surface area contributed by atoms with Crippen LogP contribution < -0.4 is 10.5 Å². The first-order valence-corrected chi connectivity index (χ1v) is 7.92. The minimum Gasteiger partial charge on any atom is -0.478 e. The molecule has 1 aliphatic rings. The van der Waals surface area contributed by atoms with Crippen molar-refractivity contribution in [3.8, 4) is 11.1 Å². The summed E-state index contributed by atoms with van der Waals surface area (Å²) in [6.07, 6.45) is 1.67. The molecule has 0 spiro atoms. The van der Waals surface area contributed by atoms with Gasteiger partial charge in [0, 0.05) is 42.5 Å². The Bertz CT molecular complexity index is 841. The Morgan fingerprint density at radius 1 is 1.25 bits per heavy atom. The van der Waals surface area contributed by atoms with E-state index in [-0.39, 0.29) is 11.1 Å². The molecule has 24 heavy (non-hydrogen) atoms. The molecule has 126 valence electrons. The summed E-state index contributed by atoms with van der Waals surface area (Å²) < 4.78 is 6.82. The molecule has 0 atom stereocenters. The Balaban J connectivity index is 2.12. The van der Waals surface area contributed by atoms with Gasteiger partial charge in [-0.3, -0.25) is 4.79 Å². The Kier molecular flexibility index (Phi) is 4.59. The SMILES string of the molecule is Cn1cc(-c2cc(C(=O)O)ccc2Cl)cc(N2CCOCC2)c1=O. The van der Waals surface area contributed by atoms with Crippen LogP contribution >= 0.6 is 11.6 Å². The van der Waals surface area contributed by atoms with E-state index in [1.54, 1.807) is 25.4 Å². The molecule has 1 aromatic carbocycles. The number of aromatic nitrogens is 1. The van der Waals surface area contributed by atoms with Gasteiger partial charge < -0.3 is 19.3 Å². The summed E-state index contributed by atoms with van der Waals surface area (Å²) in [5.41, 5.74) is 1.89. The molecule has 2 heterocycles. The molecule has 0 saturated carbocycles. The maximum absolute atomic E-state index is 12.5. The highest BCUT2D eigenvalue weighted by molar-refractivity contribution is 6.33. The van der Waals surface area contributed by atoms with Crippen LogP contribution in [0.3, 0.4) is 0 Å². The topological polar surface area (TPSA) is 71.8 Å². The maximum Gasteiger partial charge on any atom is 0.335 e. The number of hydrogen-bond donors (Lipinski definition) is 1. The number of carbonyl (C=O) groups is 1. The summed E-state index contributed by atoms with van der Waals surface area (Å²) in [6.45, 7) is 2.43. The smallest absolute Gasteiger partial charge is 0.335 e. The fraction of sp³-hybridized carbons (Fsp3) is 0.294. The van der Waals surface area contributed by atoms with Crippen molar-refractivity contribution in [2.45, 2.75) is 0 Å². The molecule has 1 aliphatic heterocycles. The number of rotatable bonds is 3. The largest absolute Gasteiger partial charge is 0.478 e. The lowest BCUT2D eigenvalue weighted by atomic mass is 10.0. The van der Waals surface area contributed by atoms with Crippen LogP contribution in [0.4, 0.5) is 5.69 Å². The quantitative estimate of drug-likeness (QED) is 0.921. The number of anilines is 1. The van der Waals surface area contributed by atoms with Crippen LogP contribution in [0.15, 0.2) is 35.3 Å². The molecule has 1 aromatic heterocycles. The number of morpholine rings is 1. The number of nitrogens with zero attached hydrogens (tertiary/aromatic N) is 2. The lowest BCUT2D eigenvalue weighted by Gasteiger charge is -2.28. The second kappa shape index (κ2) is 6.67. The van der Waals surface area contributed by atoms with Crippen LogP contribution in [0.25, 0.3) is 11.1 Å².